The third-order valence-electron chi connectivity index (χ3n) is 3.74. The molecule has 0 saturated heterocycles. The van der Waals surface area contributed by atoms with Crippen LogP contribution in [0.2, 0.25) is 0 Å². The fourth-order valence-electron chi connectivity index (χ4n) is 2.66. The first-order chi connectivity index (χ1) is 9.50. The molecular weight excluding hydrogens is 265 g/mol. The minimum absolute atomic E-state index is 0.0353. The Morgan fingerprint density at radius 3 is 2.45 bits per heavy atom. The van der Waals surface area contributed by atoms with Crippen LogP contribution in [0.5, 0.6) is 0 Å². The largest absolute Gasteiger partial charge is 0.416 e. The van der Waals surface area contributed by atoms with Gasteiger partial charge in [-0.2, -0.15) is 13.2 Å². The summed E-state index contributed by atoms with van der Waals surface area (Å²) < 4.78 is 39.0. The lowest BCUT2D eigenvalue weighted by atomic mass is 9.90. The van der Waals surface area contributed by atoms with E-state index in [0.717, 1.165) is 43.7 Å². The molecule has 4 heteroatoms. The molecule has 0 amide bonds. The summed E-state index contributed by atoms with van der Waals surface area (Å²) in [6, 6.07) is 5.29. The van der Waals surface area contributed by atoms with Gasteiger partial charge >= 0.3 is 6.18 Å². The van der Waals surface area contributed by atoms with E-state index in [9.17, 15) is 18.3 Å². The summed E-state index contributed by atoms with van der Waals surface area (Å²) in [5.41, 5.74) is -0.0521. The molecule has 0 spiro atoms. The van der Waals surface area contributed by atoms with E-state index in [1.165, 1.54) is 18.2 Å². The van der Waals surface area contributed by atoms with Crippen molar-refractivity contribution in [2.45, 2.75) is 50.8 Å². The highest BCUT2D eigenvalue weighted by Crippen LogP contribution is 2.38. The SMILES string of the molecule is OC(/C1=C/CCCCCC1)c1ccccc1C(F)(F)F. The fraction of sp³-hybridized carbons (Fsp3) is 0.500. The number of hydrogen-bond acceptors (Lipinski definition) is 1. The Morgan fingerprint density at radius 1 is 1.00 bits per heavy atom. The number of halogens is 3. The van der Waals surface area contributed by atoms with Crippen LogP contribution in [0.4, 0.5) is 13.2 Å². The van der Waals surface area contributed by atoms with Crippen LogP contribution in [0.25, 0.3) is 0 Å². The molecule has 0 fully saturated rings. The average Bonchev–Trinajstić information content (AvgIpc) is 2.37. The van der Waals surface area contributed by atoms with Crippen LogP contribution < -0.4 is 0 Å². The Hall–Kier alpha value is -1.29. The molecule has 110 valence electrons. The molecule has 1 aromatic carbocycles. The van der Waals surface area contributed by atoms with Gasteiger partial charge in [-0.25, -0.2) is 0 Å². The van der Waals surface area contributed by atoms with Gasteiger partial charge in [-0.05, 0) is 42.9 Å². The zero-order valence-corrected chi connectivity index (χ0v) is 11.3. The first kappa shape index (κ1) is 15.1. The lowest BCUT2D eigenvalue weighted by molar-refractivity contribution is -0.139. The maximum Gasteiger partial charge on any atom is 0.416 e. The highest BCUT2D eigenvalue weighted by Gasteiger charge is 2.35. The van der Waals surface area contributed by atoms with Crippen molar-refractivity contribution in [2.75, 3.05) is 0 Å². The summed E-state index contributed by atoms with van der Waals surface area (Å²) in [5, 5.41) is 10.3. The first-order valence-electron chi connectivity index (χ1n) is 7.03. The van der Waals surface area contributed by atoms with Gasteiger partial charge in [0.1, 0.15) is 6.10 Å². The topological polar surface area (TPSA) is 20.2 Å². The van der Waals surface area contributed by atoms with E-state index < -0.39 is 17.8 Å². The summed E-state index contributed by atoms with van der Waals surface area (Å²) in [6.45, 7) is 0. The predicted octanol–water partition coefficient (Wildman–Crippen LogP) is 5.02. The number of aliphatic hydroxyl groups is 1. The van der Waals surface area contributed by atoms with Gasteiger partial charge in [0.05, 0.1) is 5.56 Å². The Labute approximate surface area is 117 Å². The normalized spacial score (nSPS) is 21.5. The minimum Gasteiger partial charge on any atom is -0.384 e. The number of alkyl halides is 3. The lowest BCUT2D eigenvalue weighted by Crippen LogP contribution is -2.13. The number of rotatable bonds is 2. The van der Waals surface area contributed by atoms with Crippen LogP contribution in [-0.4, -0.2) is 5.11 Å². The molecule has 1 N–H and O–H groups in total. The van der Waals surface area contributed by atoms with Gasteiger partial charge < -0.3 is 5.11 Å². The smallest absolute Gasteiger partial charge is 0.384 e. The molecular formula is C16H19F3O. The molecule has 1 aliphatic rings. The Morgan fingerprint density at radius 2 is 1.70 bits per heavy atom. The monoisotopic (exact) mass is 284 g/mol. The van der Waals surface area contributed by atoms with Crippen LogP contribution in [-0.2, 0) is 6.18 Å². The molecule has 0 saturated carbocycles. The highest BCUT2D eigenvalue weighted by molar-refractivity contribution is 5.36. The van der Waals surface area contributed by atoms with Gasteiger partial charge in [0, 0.05) is 0 Å². The number of hydrogen-bond donors (Lipinski definition) is 1. The zero-order chi connectivity index (χ0) is 14.6. The standard InChI is InChI=1S/C16H19F3O/c17-16(18,19)14-11-7-6-10-13(14)15(20)12-8-4-2-1-3-5-9-12/h6-8,10-11,15,20H,1-5,9H2/b12-8+. The predicted molar refractivity (Wildman–Crippen MR) is 72.2 cm³/mol. The summed E-state index contributed by atoms with van der Waals surface area (Å²) in [4.78, 5) is 0. The number of aliphatic hydroxyl groups excluding tert-OH is 1. The molecule has 0 aromatic heterocycles. The zero-order valence-electron chi connectivity index (χ0n) is 11.3. The third-order valence-corrected chi connectivity index (χ3v) is 3.74. The maximum atomic E-state index is 13.0. The van der Waals surface area contributed by atoms with E-state index in [-0.39, 0.29) is 5.56 Å². The van der Waals surface area contributed by atoms with E-state index in [1.54, 1.807) is 0 Å². The molecule has 2 rings (SSSR count). The lowest BCUT2D eigenvalue weighted by Gasteiger charge is -2.21. The second-order valence-corrected chi connectivity index (χ2v) is 5.22. The summed E-state index contributed by atoms with van der Waals surface area (Å²) in [5.74, 6) is 0. The highest BCUT2D eigenvalue weighted by atomic mass is 19.4. The summed E-state index contributed by atoms with van der Waals surface area (Å²) >= 11 is 0. The molecule has 0 aliphatic heterocycles. The van der Waals surface area contributed by atoms with Gasteiger partial charge in [-0.15, -0.1) is 0 Å². The van der Waals surface area contributed by atoms with Crippen LogP contribution in [0.15, 0.2) is 35.9 Å². The molecule has 20 heavy (non-hydrogen) atoms. The van der Waals surface area contributed by atoms with Crippen molar-refractivity contribution >= 4 is 0 Å². The second kappa shape index (κ2) is 6.44. The molecule has 0 bridgehead atoms. The number of benzene rings is 1. The minimum atomic E-state index is -4.43. The molecule has 1 nitrogen and oxygen atoms in total. The molecule has 1 atom stereocenters. The van der Waals surface area contributed by atoms with Crippen molar-refractivity contribution in [1.29, 1.82) is 0 Å². The third kappa shape index (κ3) is 3.63. The van der Waals surface area contributed by atoms with Gasteiger partial charge in [0.15, 0.2) is 0 Å². The number of allylic oxidation sites excluding steroid dienone is 1. The van der Waals surface area contributed by atoms with Gasteiger partial charge in [0.25, 0.3) is 0 Å². The quantitative estimate of drug-likeness (QED) is 0.756. The Balaban J connectivity index is 2.30. The van der Waals surface area contributed by atoms with Crippen LogP contribution in [0.3, 0.4) is 0 Å². The molecule has 0 radical (unpaired) electrons. The van der Waals surface area contributed by atoms with Gasteiger partial charge in [0.2, 0.25) is 0 Å². The first-order valence-corrected chi connectivity index (χ1v) is 7.03. The fourth-order valence-corrected chi connectivity index (χ4v) is 2.66. The van der Waals surface area contributed by atoms with Crippen LogP contribution in [0.1, 0.15) is 55.8 Å². The molecule has 1 aliphatic carbocycles. The average molecular weight is 284 g/mol. The van der Waals surface area contributed by atoms with Crippen molar-refractivity contribution < 1.29 is 18.3 Å². The maximum absolute atomic E-state index is 13.0. The van der Waals surface area contributed by atoms with Gasteiger partial charge in [-0.1, -0.05) is 37.1 Å². The van der Waals surface area contributed by atoms with Crippen LogP contribution in [0, 0.1) is 0 Å². The van der Waals surface area contributed by atoms with Crippen molar-refractivity contribution in [2.24, 2.45) is 0 Å². The van der Waals surface area contributed by atoms with E-state index in [0.29, 0.717) is 6.42 Å². The van der Waals surface area contributed by atoms with E-state index >= 15 is 0 Å². The Kier molecular flexibility index (Phi) is 4.86. The molecule has 0 heterocycles. The second-order valence-electron chi connectivity index (χ2n) is 5.22. The van der Waals surface area contributed by atoms with E-state index in [4.69, 9.17) is 0 Å². The summed E-state index contributed by atoms with van der Waals surface area (Å²) in [6.07, 6.45) is 2.04. The summed E-state index contributed by atoms with van der Waals surface area (Å²) in [7, 11) is 0. The van der Waals surface area contributed by atoms with Crippen molar-refractivity contribution in [1.82, 2.24) is 0 Å². The van der Waals surface area contributed by atoms with Crippen molar-refractivity contribution in [3.05, 3.63) is 47.0 Å². The Bertz CT molecular complexity index is 477. The van der Waals surface area contributed by atoms with Gasteiger partial charge in [-0.3, -0.25) is 0 Å². The molecule has 1 unspecified atom stereocenters. The van der Waals surface area contributed by atoms with E-state index in [1.807, 2.05) is 6.08 Å². The van der Waals surface area contributed by atoms with E-state index in [2.05, 4.69) is 0 Å². The molecule has 1 aromatic rings. The van der Waals surface area contributed by atoms with Crippen LogP contribution >= 0.6 is 0 Å². The van der Waals surface area contributed by atoms with Crippen molar-refractivity contribution in [3.8, 4) is 0 Å². The van der Waals surface area contributed by atoms with Crippen molar-refractivity contribution in [3.63, 3.8) is 0 Å².